The standard InChI is InChI=1S/C18H23ClN2O3/c1-18(13-7-3-2-4-8-13)16(22)21(17(23)20-18)11-12-24-15-10-6-5-9-14(15)19/h5-6,9-10,13H,2-4,7-8,11-12H2,1H3,(H,20,23). The molecule has 1 saturated carbocycles. The molecule has 24 heavy (non-hydrogen) atoms. The average Bonchev–Trinajstić information content (AvgIpc) is 2.81. The number of carbonyl (C=O) groups is 2. The molecule has 1 heterocycles. The summed E-state index contributed by atoms with van der Waals surface area (Å²) in [5, 5.41) is 3.43. The van der Waals surface area contributed by atoms with Crippen LogP contribution in [0.2, 0.25) is 5.02 Å². The molecule has 5 nitrogen and oxygen atoms in total. The first-order chi connectivity index (χ1) is 11.5. The van der Waals surface area contributed by atoms with Gasteiger partial charge in [-0.25, -0.2) is 4.79 Å². The molecule has 1 N–H and O–H groups in total. The van der Waals surface area contributed by atoms with E-state index >= 15 is 0 Å². The average molecular weight is 351 g/mol. The van der Waals surface area contributed by atoms with E-state index in [1.807, 2.05) is 19.1 Å². The molecule has 1 aromatic rings. The largest absolute Gasteiger partial charge is 0.490 e. The van der Waals surface area contributed by atoms with Crippen LogP contribution >= 0.6 is 11.6 Å². The number of hydrogen-bond acceptors (Lipinski definition) is 3. The van der Waals surface area contributed by atoms with Crippen LogP contribution in [0.4, 0.5) is 4.79 Å². The minimum Gasteiger partial charge on any atom is -0.490 e. The number of hydrogen-bond donors (Lipinski definition) is 1. The number of ether oxygens (including phenoxy) is 1. The Morgan fingerprint density at radius 1 is 1.25 bits per heavy atom. The van der Waals surface area contributed by atoms with E-state index in [1.54, 1.807) is 12.1 Å². The number of nitrogens with zero attached hydrogens (tertiary/aromatic N) is 1. The van der Waals surface area contributed by atoms with Crippen LogP contribution in [-0.4, -0.2) is 35.5 Å². The number of nitrogens with one attached hydrogen (secondary N) is 1. The zero-order chi connectivity index (χ0) is 17.2. The van der Waals surface area contributed by atoms with Crippen LogP contribution in [0.3, 0.4) is 0 Å². The molecule has 1 aliphatic heterocycles. The van der Waals surface area contributed by atoms with Gasteiger partial charge in [-0.15, -0.1) is 0 Å². The normalized spacial score (nSPS) is 25.0. The van der Waals surface area contributed by atoms with Crippen LogP contribution in [0.25, 0.3) is 0 Å². The maximum Gasteiger partial charge on any atom is 0.325 e. The number of rotatable bonds is 5. The lowest BCUT2D eigenvalue weighted by atomic mass is 9.75. The third kappa shape index (κ3) is 3.22. The van der Waals surface area contributed by atoms with Crippen LogP contribution in [0, 0.1) is 5.92 Å². The van der Waals surface area contributed by atoms with Crippen LogP contribution in [0.15, 0.2) is 24.3 Å². The zero-order valence-corrected chi connectivity index (χ0v) is 14.6. The molecule has 3 amide bonds. The SMILES string of the molecule is CC1(C2CCCCC2)NC(=O)N(CCOc2ccccc2Cl)C1=O. The first kappa shape index (κ1) is 17.1. The Balaban J connectivity index is 1.61. The molecule has 2 aliphatic rings. The van der Waals surface area contributed by atoms with Crippen molar-refractivity contribution in [2.24, 2.45) is 5.92 Å². The molecule has 0 aromatic heterocycles. The highest BCUT2D eigenvalue weighted by Crippen LogP contribution is 2.36. The third-order valence-corrected chi connectivity index (χ3v) is 5.44. The second-order valence-corrected chi connectivity index (χ2v) is 7.11. The van der Waals surface area contributed by atoms with Crippen molar-refractivity contribution in [1.82, 2.24) is 10.2 Å². The fourth-order valence-electron chi connectivity index (χ4n) is 3.68. The Hall–Kier alpha value is -1.75. The molecular formula is C18H23ClN2O3. The zero-order valence-electron chi connectivity index (χ0n) is 13.9. The van der Waals surface area contributed by atoms with Crippen LogP contribution in [0.5, 0.6) is 5.75 Å². The summed E-state index contributed by atoms with van der Waals surface area (Å²) in [5.74, 6) is 0.639. The molecule has 1 aliphatic carbocycles. The van der Waals surface area contributed by atoms with Gasteiger partial charge in [-0.2, -0.15) is 0 Å². The number of benzene rings is 1. The summed E-state index contributed by atoms with van der Waals surface area (Å²) in [4.78, 5) is 26.3. The maximum atomic E-state index is 12.8. The second kappa shape index (κ2) is 7.01. The van der Waals surface area contributed by atoms with Gasteiger partial charge in [-0.3, -0.25) is 9.69 Å². The number of imide groups is 1. The molecule has 1 unspecified atom stereocenters. The molecular weight excluding hydrogens is 328 g/mol. The first-order valence-electron chi connectivity index (χ1n) is 8.54. The minimum atomic E-state index is -0.776. The van der Waals surface area contributed by atoms with Crippen molar-refractivity contribution in [1.29, 1.82) is 0 Å². The summed E-state index contributed by atoms with van der Waals surface area (Å²) in [6, 6.07) is 6.83. The predicted molar refractivity (Wildman–Crippen MR) is 92.2 cm³/mol. The lowest BCUT2D eigenvalue weighted by Gasteiger charge is -2.34. The van der Waals surface area contributed by atoms with Crippen LogP contribution < -0.4 is 10.1 Å². The minimum absolute atomic E-state index is 0.137. The predicted octanol–water partition coefficient (Wildman–Crippen LogP) is 3.61. The lowest BCUT2D eigenvalue weighted by molar-refractivity contribution is -0.133. The van der Waals surface area contributed by atoms with E-state index in [1.165, 1.54) is 11.3 Å². The second-order valence-electron chi connectivity index (χ2n) is 6.70. The fraction of sp³-hybridized carbons (Fsp3) is 0.556. The van der Waals surface area contributed by atoms with Gasteiger partial charge in [0.2, 0.25) is 0 Å². The van der Waals surface area contributed by atoms with E-state index in [4.69, 9.17) is 16.3 Å². The molecule has 3 rings (SSSR count). The Morgan fingerprint density at radius 3 is 2.67 bits per heavy atom. The van der Waals surface area contributed by atoms with Crippen molar-refractivity contribution < 1.29 is 14.3 Å². The van der Waals surface area contributed by atoms with Crippen molar-refractivity contribution in [3.05, 3.63) is 29.3 Å². The van der Waals surface area contributed by atoms with Gasteiger partial charge in [0.05, 0.1) is 11.6 Å². The van der Waals surface area contributed by atoms with E-state index in [0.29, 0.717) is 10.8 Å². The van der Waals surface area contributed by atoms with Gasteiger partial charge >= 0.3 is 6.03 Å². The van der Waals surface area contributed by atoms with Crippen LogP contribution in [0.1, 0.15) is 39.0 Å². The van der Waals surface area contributed by atoms with Crippen LogP contribution in [-0.2, 0) is 4.79 Å². The van der Waals surface area contributed by atoms with E-state index in [0.717, 1.165) is 25.7 Å². The van der Waals surface area contributed by atoms with Gasteiger partial charge in [0.25, 0.3) is 5.91 Å². The van der Waals surface area contributed by atoms with Crippen molar-refractivity contribution in [2.75, 3.05) is 13.2 Å². The number of halogens is 1. The lowest BCUT2D eigenvalue weighted by Crippen LogP contribution is -2.51. The number of carbonyl (C=O) groups excluding carboxylic acids is 2. The summed E-state index contributed by atoms with van der Waals surface area (Å²) in [5.41, 5.74) is -0.776. The summed E-state index contributed by atoms with van der Waals surface area (Å²) in [6.07, 6.45) is 5.45. The van der Waals surface area contributed by atoms with Crippen molar-refractivity contribution in [2.45, 2.75) is 44.6 Å². The Labute approximate surface area is 147 Å². The Bertz CT molecular complexity index is 630. The molecule has 130 valence electrons. The maximum absolute atomic E-state index is 12.8. The molecule has 2 fully saturated rings. The highest BCUT2D eigenvalue weighted by molar-refractivity contribution is 6.32. The van der Waals surface area contributed by atoms with E-state index < -0.39 is 5.54 Å². The van der Waals surface area contributed by atoms with E-state index in [9.17, 15) is 9.59 Å². The summed E-state index contributed by atoms with van der Waals surface area (Å²) in [7, 11) is 0. The molecule has 0 radical (unpaired) electrons. The van der Waals surface area contributed by atoms with Crippen molar-refractivity contribution >= 4 is 23.5 Å². The molecule has 0 spiro atoms. The van der Waals surface area contributed by atoms with E-state index in [-0.39, 0.29) is 31.0 Å². The van der Waals surface area contributed by atoms with Gasteiger partial charge in [-0.05, 0) is 37.8 Å². The third-order valence-electron chi connectivity index (χ3n) is 5.13. The molecule has 1 aromatic carbocycles. The van der Waals surface area contributed by atoms with E-state index in [2.05, 4.69) is 5.32 Å². The highest BCUT2D eigenvalue weighted by atomic mass is 35.5. The topological polar surface area (TPSA) is 58.6 Å². The van der Waals surface area contributed by atoms with Crippen molar-refractivity contribution in [3.63, 3.8) is 0 Å². The van der Waals surface area contributed by atoms with Gasteiger partial charge in [-0.1, -0.05) is 43.0 Å². The number of amides is 3. The summed E-state index contributed by atoms with van der Waals surface area (Å²) >= 11 is 6.04. The highest BCUT2D eigenvalue weighted by Gasteiger charge is 2.52. The summed E-state index contributed by atoms with van der Waals surface area (Å²) in [6.45, 7) is 2.31. The Morgan fingerprint density at radius 2 is 1.96 bits per heavy atom. The van der Waals surface area contributed by atoms with Gasteiger partial charge < -0.3 is 10.1 Å². The van der Waals surface area contributed by atoms with Gasteiger partial charge in [0.1, 0.15) is 17.9 Å². The summed E-state index contributed by atoms with van der Waals surface area (Å²) < 4.78 is 5.60. The smallest absolute Gasteiger partial charge is 0.325 e. The quantitative estimate of drug-likeness (QED) is 0.825. The molecule has 1 saturated heterocycles. The molecule has 0 bridgehead atoms. The number of urea groups is 1. The van der Waals surface area contributed by atoms with Crippen molar-refractivity contribution in [3.8, 4) is 5.75 Å². The molecule has 6 heteroatoms. The van der Waals surface area contributed by atoms with Gasteiger partial charge in [0, 0.05) is 0 Å². The number of para-hydroxylation sites is 1. The fourth-order valence-corrected chi connectivity index (χ4v) is 3.87. The Kier molecular flexibility index (Phi) is 4.99. The monoisotopic (exact) mass is 350 g/mol. The molecule has 1 atom stereocenters. The van der Waals surface area contributed by atoms with Gasteiger partial charge in [0.15, 0.2) is 0 Å². The first-order valence-corrected chi connectivity index (χ1v) is 8.91.